The average molecular weight is 403 g/mol. The molecule has 0 spiro atoms. The number of ether oxygens (including phenoxy) is 1. The molecule has 0 bridgehead atoms. The third kappa shape index (κ3) is 3.60. The van der Waals surface area contributed by atoms with Crippen LogP contribution in [0.15, 0.2) is 65.8 Å². The Hall–Kier alpha value is -3.58. The average Bonchev–Trinajstić information content (AvgIpc) is 3.01. The van der Waals surface area contributed by atoms with Crippen molar-refractivity contribution >= 4 is 51.3 Å². The van der Waals surface area contributed by atoms with Gasteiger partial charge < -0.3 is 10.1 Å². The lowest BCUT2D eigenvalue weighted by Gasteiger charge is -2.08. The van der Waals surface area contributed by atoms with Gasteiger partial charge in [0, 0.05) is 22.2 Å². The maximum absolute atomic E-state index is 12.7. The molecule has 0 saturated carbocycles. The number of benzene rings is 3. The molecule has 0 aliphatic heterocycles. The van der Waals surface area contributed by atoms with Gasteiger partial charge in [0.15, 0.2) is 5.11 Å². The number of carbonyl (C=O) groups is 2. The van der Waals surface area contributed by atoms with Crippen LogP contribution in [0.2, 0.25) is 0 Å². The number of Topliss-reactive ketones (excluding diaryl/α,β-unsaturated/α-hetero) is 1. The molecule has 7 heteroatoms. The molecule has 0 atom stereocenters. The van der Waals surface area contributed by atoms with Crippen LogP contribution in [-0.2, 0) is 4.74 Å². The van der Waals surface area contributed by atoms with Crippen LogP contribution in [0.5, 0.6) is 0 Å². The highest BCUT2D eigenvalue weighted by atomic mass is 32.1. The van der Waals surface area contributed by atoms with Gasteiger partial charge in [-0.1, -0.05) is 36.4 Å². The van der Waals surface area contributed by atoms with Gasteiger partial charge in [0.25, 0.3) is 0 Å². The second kappa shape index (κ2) is 7.81. The number of carbonyl (C=O) groups excluding carboxylic acids is 2. The number of anilines is 1. The van der Waals surface area contributed by atoms with E-state index in [4.69, 9.17) is 17.0 Å². The number of hydrazone groups is 1. The number of hydrogen-bond acceptors (Lipinski definition) is 5. The third-order valence-corrected chi connectivity index (χ3v) is 4.74. The molecular weight excluding hydrogens is 386 g/mol. The zero-order chi connectivity index (χ0) is 20.4. The van der Waals surface area contributed by atoms with Crippen LogP contribution < -0.4 is 10.7 Å². The van der Waals surface area contributed by atoms with Gasteiger partial charge in [-0.2, -0.15) is 5.10 Å². The molecule has 0 aromatic heterocycles. The molecule has 0 heterocycles. The Bertz CT molecular complexity index is 1160. The summed E-state index contributed by atoms with van der Waals surface area (Å²) >= 11 is 5.27. The van der Waals surface area contributed by atoms with Gasteiger partial charge >= 0.3 is 5.97 Å². The van der Waals surface area contributed by atoms with E-state index in [1.54, 1.807) is 37.3 Å². The van der Waals surface area contributed by atoms with Gasteiger partial charge in [0.2, 0.25) is 5.78 Å². The summed E-state index contributed by atoms with van der Waals surface area (Å²) in [6.45, 7) is 2.08. The van der Waals surface area contributed by atoms with Gasteiger partial charge in [-0.25, -0.2) is 4.79 Å². The summed E-state index contributed by atoms with van der Waals surface area (Å²) in [4.78, 5) is 24.4. The van der Waals surface area contributed by atoms with Crippen molar-refractivity contribution in [3.8, 4) is 0 Å². The number of nitrogens with zero attached hydrogens (tertiary/aromatic N) is 1. The molecule has 1 aliphatic rings. The van der Waals surface area contributed by atoms with Gasteiger partial charge in [-0.15, -0.1) is 0 Å². The normalized spacial score (nSPS) is 13.6. The van der Waals surface area contributed by atoms with Crippen molar-refractivity contribution in [3.05, 3.63) is 77.4 Å². The van der Waals surface area contributed by atoms with E-state index < -0.39 is 0 Å². The predicted molar refractivity (Wildman–Crippen MR) is 117 cm³/mol. The fraction of sp³-hybridized carbons (Fsp3) is 0.0909. The van der Waals surface area contributed by atoms with Crippen LogP contribution in [0.25, 0.3) is 10.8 Å². The smallest absolute Gasteiger partial charge is 0.338 e. The fourth-order valence-corrected chi connectivity index (χ4v) is 3.42. The minimum atomic E-state index is -0.375. The number of nitrogens with one attached hydrogen (secondary N) is 2. The largest absolute Gasteiger partial charge is 0.462 e. The molecule has 3 aromatic rings. The minimum Gasteiger partial charge on any atom is -0.462 e. The van der Waals surface area contributed by atoms with Crippen LogP contribution in [-0.4, -0.2) is 29.2 Å². The SMILES string of the molecule is CCOC(=O)c1ccc(NC(=S)N/N=C2\C(=O)c3cccc4cccc2c34)cc1. The van der Waals surface area contributed by atoms with Crippen LogP contribution in [0.1, 0.15) is 33.2 Å². The molecule has 0 radical (unpaired) electrons. The standard InChI is InChI=1S/C22H17N3O3S/c1-2-28-21(27)14-9-11-15(12-10-14)23-22(29)25-24-19-16-7-3-5-13-6-4-8-17(18(13)16)20(19)26/h3-12H,2H2,1H3,(H2,23,25,29)/b24-19-. The van der Waals surface area contributed by atoms with E-state index >= 15 is 0 Å². The van der Waals surface area contributed by atoms with E-state index in [1.807, 2.05) is 30.3 Å². The van der Waals surface area contributed by atoms with Crippen LogP contribution in [0, 0.1) is 0 Å². The Labute approximate surface area is 172 Å². The second-order valence-electron chi connectivity index (χ2n) is 6.36. The Morgan fingerprint density at radius 1 is 1.03 bits per heavy atom. The Kier molecular flexibility index (Phi) is 5.05. The summed E-state index contributed by atoms with van der Waals surface area (Å²) in [5.74, 6) is -0.509. The van der Waals surface area contributed by atoms with Crippen molar-refractivity contribution in [2.45, 2.75) is 6.92 Å². The zero-order valence-corrected chi connectivity index (χ0v) is 16.4. The van der Waals surface area contributed by atoms with Crippen molar-refractivity contribution in [3.63, 3.8) is 0 Å². The topological polar surface area (TPSA) is 79.8 Å². The number of hydrogen-bond donors (Lipinski definition) is 2. The van der Waals surface area contributed by atoms with E-state index in [1.165, 1.54) is 0 Å². The first-order valence-corrected chi connectivity index (χ1v) is 9.48. The molecule has 0 fully saturated rings. The van der Waals surface area contributed by atoms with Gasteiger partial charge in [-0.05, 0) is 48.8 Å². The molecular formula is C22H17N3O3S. The summed E-state index contributed by atoms with van der Waals surface area (Å²) in [5, 5.41) is 9.37. The van der Waals surface area contributed by atoms with E-state index in [2.05, 4.69) is 15.8 Å². The molecule has 3 aromatic carbocycles. The summed E-state index contributed by atoms with van der Waals surface area (Å²) in [7, 11) is 0. The summed E-state index contributed by atoms with van der Waals surface area (Å²) in [6.07, 6.45) is 0. The highest BCUT2D eigenvalue weighted by Crippen LogP contribution is 2.30. The molecule has 6 nitrogen and oxygen atoms in total. The first kappa shape index (κ1) is 18.8. The predicted octanol–water partition coefficient (Wildman–Crippen LogP) is 3.90. The molecule has 2 N–H and O–H groups in total. The summed E-state index contributed by atoms with van der Waals surface area (Å²) < 4.78 is 4.96. The Morgan fingerprint density at radius 2 is 1.72 bits per heavy atom. The molecule has 0 saturated heterocycles. The zero-order valence-electron chi connectivity index (χ0n) is 15.6. The van der Waals surface area contributed by atoms with Crippen molar-refractivity contribution < 1.29 is 14.3 Å². The summed E-state index contributed by atoms with van der Waals surface area (Å²) in [6, 6.07) is 18.1. The fourth-order valence-electron chi connectivity index (χ4n) is 3.26. The maximum atomic E-state index is 12.7. The highest BCUT2D eigenvalue weighted by molar-refractivity contribution is 7.80. The molecule has 144 valence electrons. The van der Waals surface area contributed by atoms with Gasteiger partial charge in [-0.3, -0.25) is 10.2 Å². The molecule has 1 aliphatic carbocycles. The van der Waals surface area contributed by atoms with Crippen molar-refractivity contribution in [2.75, 3.05) is 11.9 Å². The van der Waals surface area contributed by atoms with Crippen LogP contribution in [0.3, 0.4) is 0 Å². The Morgan fingerprint density at radius 3 is 2.41 bits per heavy atom. The first-order valence-electron chi connectivity index (χ1n) is 9.07. The first-order chi connectivity index (χ1) is 14.1. The van der Waals surface area contributed by atoms with Crippen molar-refractivity contribution in [1.82, 2.24) is 5.43 Å². The number of esters is 1. The number of rotatable bonds is 4. The van der Waals surface area contributed by atoms with Crippen molar-refractivity contribution in [2.24, 2.45) is 5.10 Å². The quantitative estimate of drug-likeness (QED) is 0.391. The van der Waals surface area contributed by atoms with Crippen LogP contribution in [0.4, 0.5) is 5.69 Å². The molecule has 0 unspecified atom stereocenters. The lowest BCUT2D eigenvalue weighted by atomic mass is 10.1. The molecule has 4 rings (SSSR count). The summed E-state index contributed by atoms with van der Waals surface area (Å²) in [5.41, 5.74) is 5.64. The number of thiocarbonyl (C=S) groups is 1. The molecule has 29 heavy (non-hydrogen) atoms. The number of ketones is 1. The van der Waals surface area contributed by atoms with Crippen LogP contribution >= 0.6 is 12.2 Å². The van der Waals surface area contributed by atoms with E-state index in [0.717, 1.165) is 16.3 Å². The third-order valence-electron chi connectivity index (χ3n) is 4.54. The highest BCUT2D eigenvalue weighted by Gasteiger charge is 2.28. The van der Waals surface area contributed by atoms with Gasteiger partial charge in [0.05, 0.1) is 12.2 Å². The lowest BCUT2D eigenvalue weighted by molar-refractivity contribution is 0.0526. The van der Waals surface area contributed by atoms with E-state index in [-0.39, 0.29) is 16.9 Å². The van der Waals surface area contributed by atoms with E-state index in [9.17, 15) is 9.59 Å². The van der Waals surface area contributed by atoms with E-state index in [0.29, 0.717) is 29.1 Å². The monoisotopic (exact) mass is 403 g/mol. The van der Waals surface area contributed by atoms with Gasteiger partial charge in [0.1, 0.15) is 5.71 Å². The minimum absolute atomic E-state index is 0.133. The Balaban J connectivity index is 1.48. The van der Waals surface area contributed by atoms with Crippen molar-refractivity contribution in [1.29, 1.82) is 0 Å². The lowest BCUT2D eigenvalue weighted by Crippen LogP contribution is -2.26. The second-order valence-corrected chi connectivity index (χ2v) is 6.77. The maximum Gasteiger partial charge on any atom is 0.338 e. The molecule has 0 amide bonds.